The molecule has 2 saturated carbocycles. The predicted octanol–water partition coefficient (Wildman–Crippen LogP) is 4.90. The van der Waals surface area contributed by atoms with Gasteiger partial charge in [-0.3, -0.25) is 4.79 Å². The van der Waals surface area contributed by atoms with Gasteiger partial charge < -0.3 is 9.47 Å². The molecule has 2 fully saturated rings. The van der Waals surface area contributed by atoms with Crippen molar-refractivity contribution in [2.24, 2.45) is 17.3 Å². The molecule has 4 heteroatoms. The zero-order valence-electron chi connectivity index (χ0n) is 17.4. The van der Waals surface area contributed by atoms with Crippen LogP contribution in [0.5, 0.6) is 0 Å². The first-order valence-electron chi connectivity index (χ1n) is 11.1. The average molecular weight is 384 g/mol. The molecule has 4 nitrogen and oxygen atoms in total. The number of carbonyl (C=O) groups is 1. The molecule has 0 heterocycles. The summed E-state index contributed by atoms with van der Waals surface area (Å²) in [5.74, 6) is 1.49. The number of hydrogen-bond acceptors (Lipinski definition) is 4. The number of nitriles is 1. The van der Waals surface area contributed by atoms with E-state index in [4.69, 9.17) is 9.47 Å². The van der Waals surface area contributed by atoms with Gasteiger partial charge in [0.2, 0.25) is 0 Å². The van der Waals surface area contributed by atoms with Crippen molar-refractivity contribution in [1.82, 2.24) is 0 Å². The summed E-state index contributed by atoms with van der Waals surface area (Å²) in [4.78, 5) is 11.9. The molecule has 152 valence electrons. The van der Waals surface area contributed by atoms with Crippen molar-refractivity contribution in [3.8, 4) is 6.07 Å². The molecule has 0 bridgehead atoms. The molecule has 28 heavy (non-hydrogen) atoms. The van der Waals surface area contributed by atoms with Crippen LogP contribution < -0.4 is 0 Å². The molecular weight excluding hydrogens is 350 g/mol. The minimum atomic E-state index is -0.335. The molecule has 0 spiro atoms. The van der Waals surface area contributed by atoms with Crippen LogP contribution in [-0.4, -0.2) is 31.2 Å². The number of allylic oxidation sites excluding steroid dienone is 4. The van der Waals surface area contributed by atoms with Crippen molar-refractivity contribution in [2.75, 3.05) is 19.8 Å². The summed E-state index contributed by atoms with van der Waals surface area (Å²) in [5, 5.41) is 9.60. The van der Waals surface area contributed by atoms with E-state index in [2.05, 4.69) is 13.0 Å². The van der Waals surface area contributed by atoms with E-state index < -0.39 is 0 Å². The van der Waals surface area contributed by atoms with Crippen LogP contribution in [0.2, 0.25) is 0 Å². The molecule has 4 aliphatic rings. The highest BCUT2D eigenvalue weighted by molar-refractivity contribution is 5.93. The van der Waals surface area contributed by atoms with Crippen LogP contribution in [-0.2, 0) is 14.3 Å². The molecule has 4 atom stereocenters. The number of rotatable bonds is 6. The number of ketones is 1. The standard InChI is InChI=1S/C24H33NO3/c1-3-27-14-15-28-24(12-13-25)11-9-22-21-6-4-17-16-18(26)5-7-19(17)20(21)8-10-23(22,24)2/h16,21-22H,3-12,14-15H2,1-2H3/t21-,22+,23+,24-/m1/s1. The minimum Gasteiger partial charge on any atom is -0.379 e. The van der Waals surface area contributed by atoms with Crippen molar-refractivity contribution < 1.29 is 14.3 Å². The van der Waals surface area contributed by atoms with E-state index in [1.54, 1.807) is 5.57 Å². The average Bonchev–Trinajstić information content (AvgIpc) is 2.98. The van der Waals surface area contributed by atoms with Gasteiger partial charge in [0.15, 0.2) is 5.78 Å². The summed E-state index contributed by atoms with van der Waals surface area (Å²) in [6, 6.07) is 2.45. The first-order valence-corrected chi connectivity index (χ1v) is 11.1. The molecule has 0 aromatic heterocycles. The monoisotopic (exact) mass is 383 g/mol. The van der Waals surface area contributed by atoms with Crippen molar-refractivity contribution in [2.45, 2.75) is 77.2 Å². The number of nitrogens with zero attached hydrogens (tertiary/aromatic N) is 1. The van der Waals surface area contributed by atoms with Crippen LogP contribution in [0, 0.1) is 28.6 Å². The molecule has 0 unspecified atom stereocenters. The molecule has 0 aromatic carbocycles. The third-order valence-electron chi connectivity index (χ3n) is 8.20. The molecule has 4 aliphatic carbocycles. The topological polar surface area (TPSA) is 59.3 Å². The Kier molecular flexibility index (Phi) is 5.51. The van der Waals surface area contributed by atoms with Gasteiger partial charge in [-0.25, -0.2) is 0 Å². The van der Waals surface area contributed by atoms with E-state index in [9.17, 15) is 10.1 Å². The Morgan fingerprint density at radius 2 is 2.04 bits per heavy atom. The molecule has 0 saturated heterocycles. The maximum absolute atomic E-state index is 11.9. The van der Waals surface area contributed by atoms with Crippen LogP contribution in [0.3, 0.4) is 0 Å². The third-order valence-corrected chi connectivity index (χ3v) is 8.20. The fourth-order valence-electron chi connectivity index (χ4n) is 6.77. The van der Waals surface area contributed by atoms with E-state index in [1.165, 1.54) is 11.1 Å². The fraction of sp³-hybridized carbons (Fsp3) is 0.750. The Hall–Kier alpha value is -1.44. The molecule has 0 N–H and O–H groups in total. The van der Waals surface area contributed by atoms with E-state index in [1.807, 2.05) is 13.0 Å². The van der Waals surface area contributed by atoms with E-state index in [0.29, 0.717) is 50.3 Å². The van der Waals surface area contributed by atoms with Crippen LogP contribution in [0.1, 0.15) is 71.6 Å². The Bertz CT molecular complexity index is 745. The van der Waals surface area contributed by atoms with Gasteiger partial charge in [0.1, 0.15) is 0 Å². The summed E-state index contributed by atoms with van der Waals surface area (Å²) in [7, 11) is 0. The van der Waals surface area contributed by atoms with Crippen molar-refractivity contribution in [1.29, 1.82) is 5.26 Å². The number of hydrogen-bond donors (Lipinski definition) is 0. The lowest BCUT2D eigenvalue weighted by Gasteiger charge is -2.53. The molecule has 0 amide bonds. The van der Waals surface area contributed by atoms with Gasteiger partial charge in [-0.15, -0.1) is 0 Å². The zero-order chi connectivity index (χ0) is 19.8. The summed E-state index contributed by atoms with van der Waals surface area (Å²) < 4.78 is 12.0. The first kappa shape index (κ1) is 19.9. The second-order valence-electron chi connectivity index (χ2n) is 9.22. The van der Waals surface area contributed by atoms with Crippen LogP contribution in [0.15, 0.2) is 22.8 Å². The SMILES string of the molecule is CCOCCO[C@@]1(CC#N)CC[C@H]2[C@@H]3CCC4=CC(=O)CCC4=C3CC[C@@]21C. The fourth-order valence-corrected chi connectivity index (χ4v) is 6.77. The normalized spacial score (nSPS) is 37.0. The van der Waals surface area contributed by atoms with E-state index >= 15 is 0 Å². The molecule has 0 aromatic rings. The largest absolute Gasteiger partial charge is 0.379 e. The van der Waals surface area contributed by atoms with Gasteiger partial charge in [0.25, 0.3) is 0 Å². The third kappa shape index (κ3) is 3.08. The van der Waals surface area contributed by atoms with Crippen molar-refractivity contribution >= 4 is 5.78 Å². The summed E-state index contributed by atoms with van der Waals surface area (Å²) in [6.07, 6.45) is 10.5. The van der Waals surface area contributed by atoms with Crippen LogP contribution in [0.25, 0.3) is 0 Å². The zero-order valence-corrected chi connectivity index (χ0v) is 17.4. The molecular formula is C24H33NO3. The predicted molar refractivity (Wildman–Crippen MR) is 108 cm³/mol. The lowest BCUT2D eigenvalue weighted by atomic mass is 9.54. The maximum atomic E-state index is 11.9. The Labute approximate surface area is 169 Å². The quantitative estimate of drug-likeness (QED) is 0.612. The van der Waals surface area contributed by atoms with Gasteiger partial charge in [-0.05, 0) is 80.9 Å². The van der Waals surface area contributed by atoms with Gasteiger partial charge >= 0.3 is 0 Å². The Morgan fingerprint density at radius 3 is 2.82 bits per heavy atom. The maximum Gasteiger partial charge on any atom is 0.156 e. The first-order chi connectivity index (χ1) is 13.5. The highest BCUT2D eigenvalue weighted by atomic mass is 16.5. The van der Waals surface area contributed by atoms with Crippen LogP contribution >= 0.6 is 0 Å². The molecule has 0 radical (unpaired) electrons. The Morgan fingerprint density at radius 1 is 1.18 bits per heavy atom. The number of ether oxygens (including phenoxy) is 2. The van der Waals surface area contributed by atoms with Crippen LogP contribution in [0.4, 0.5) is 0 Å². The number of fused-ring (bicyclic) bond motifs is 4. The number of carbonyl (C=O) groups excluding carboxylic acids is 1. The second kappa shape index (κ2) is 7.76. The van der Waals surface area contributed by atoms with Gasteiger partial charge in [-0.1, -0.05) is 12.5 Å². The lowest BCUT2D eigenvalue weighted by Crippen LogP contribution is -2.51. The molecule has 0 aliphatic heterocycles. The highest BCUT2D eigenvalue weighted by Gasteiger charge is 2.61. The van der Waals surface area contributed by atoms with Crippen molar-refractivity contribution in [3.05, 3.63) is 22.8 Å². The van der Waals surface area contributed by atoms with Crippen molar-refractivity contribution in [3.63, 3.8) is 0 Å². The van der Waals surface area contributed by atoms with E-state index in [0.717, 1.165) is 44.9 Å². The molecule has 4 rings (SSSR count). The summed E-state index contributed by atoms with van der Waals surface area (Å²) in [6.45, 7) is 6.27. The summed E-state index contributed by atoms with van der Waals surface area (Å²) >= 11 is 0. The summed E-state index contributed by atoms with van der Waals surface area (Å²) in [5.41, 5.74) is 4.18. The van der Waals surface area contributed by atoms with E-state index in [-0.39, 0.29) is 11.0 Å². The minimum absolute atomic E-state index is 0.0510. The van der Waals surface area contributed by atoms with Gasteiger partial charge in [0.05, 0.1) is 31.3 Å². The smallest absolute Gasteiger partial charge is 0.156 e. The van der Waals surface area contributed by atoms with Gasteiger partial charge in [0, 0.05) is 18.4 Å². The lowest BCUT2D eigenvalue weighted by molar-refractivity contribution is -0.143. The second-order valence-corrected chi connectivity index (χ2v) is 9.22. The Balaban J connectivity index is 1.61. The highest BCUT2D eigenvalue weighted by Crippen LogP contribution is 2.65. The van der Waals surface area contributed by atoms with Gasteiger partial charge in [-0.2, -0.15) is 5.26 Å².